The van der Waals surface area contributed by atoms with E-state index in [-0.39, 0.29) is 0 Å². The van der Waals surface area contributed by atoms with Crippen LogP contribution in [0.2, 0.25) is 0 Å². The van der Waals surface area contributed by atoms with Crippen molar-refractivity contribution in [2.75, 3.05) is 14.2 Å². The Morgan fingerprint density at radius 2 is 2.07 bits per heavy atom. The van der Waals surface area contributed by atoms with Crippen LogP contribution in [0.4, 0.5) is 0 Å². The van der Waals surface area contributed by atoms with Gasteiger partial charge in [0.25, 0.3) is 0 Å². The third kappa shape index (κ3) is 2.41. The van der Waals surface area contributed by atoms with Crippen molar-refractivity contribution >= 4 is 13.0 Å². The summed E-state index contributed by atoms with van der Waals surface area (Å²) in [7, 11) is -0.441. The van der Waals surface area contributed by atoms with Crippen LogP contribution >= 0.6 is 7.60 Å². The Bertz CT molecular complexity index is 336. The molecule has 0 spiro atoms. The fourth-order valence-corrected chi connectivity index (χ4v) is 2.31. The number of allylic oxidation sites excluding steroid dienone is 4. The second-order valence-corrected chi connectivity index (χ2v) is 5.07. The van der Waals surface area contributed by atoms with Crippen LogP contribution in [0.3, 0.4) is 0 Å². The zero-order chi connectivity index (χ0) is 10.6. The molecule has 0 fully saturated rings. The van der Waals surface area contributed by atoms with Gasteiger partial charge in [-0.3, -0.25) is 4.57 Å². The number of rotatable bonds is 3. The smallest absolute Gasteiger partial charge is 0.308 e. The summed E-state index contributed by atoms with van der Waals surface area (Å²) < 4.78 is 21.7. The molecule has 0 atom stereocenters. The third-order valence-electron chi connectivity index (χ3n) is 1.88. The van der Waals surface area contributed by atoms with E-state index >= 15 is 0 Å². The summed E-state index contributed by atoms with van der Waals surface area (Å²) in [6, 6.07) is 0. The highest BCUT2D eigenvalue weighted by Gasteiger charge is 2.28. The summed E-state index contributed by atoms with van der Waals surface area (Å²) in [6.07, 6.45) is 6.09. The molecular weight excluding hydrogens is 201 g/mol. The highest BCUT2D eigenvalue weighted by molar-refractivity contribution is 7.72. The normalized spacial score (nSPS) is 17.4. The molecule has 1 heterocycles. The molecule has 0 N–H and O–H groups in total. The van der Waals surface area contributed by atoms with Gasteiger partial charge in [-0.05, 0) is 13.0 Å². The summed E-state index contributed by atoms with van der Waals surface area (Å²) in [5.74, 6) is 0. The Labute approximate surface area is 83.9 Å². The molecule has 0 aromatic carbocycles. The van der Waals surface area contributed by atoms with Gasteiger partial charge in [0, 0.05) is 26.3 Å². The van der Waals surface area contributed by atoms with Crippen LogP contribution in [-0.4, -0.2) is 19.7 Å². The van der Waals surface area contributed by atoms with Crippen molar-refractivity contribution in [1.82, 2.24) is 0 Å². The van der Waals surface area contributed by atoms with Crippen LogP contribution in [0.5, 0.6) is 0 Å². The molecule has 0 saturated carbocycles. The minimum Gasteiger partial charge on any atom is -0.308 e. The van der Waals surface area contributed by atoms with Crippen molar-refractivity contribution in [3.05, 3.63) is 23.9 Å². The molecule has 5 heteroatoms. The SMILES string of the molecule is COP(=O)(OC)C1=NC(C)=CC=CC1. The monoisotopic (exact) mass is 215 g/mol. The fourth-order valence-electron chi connectivity index (χ4n) is 1.13. The van der Waals surface area contributed by atoms with Gasteiger partial charge in [-0.25, -0.2) is 4.99 Å². The Hall–Kier alpha value is -0.700. The molecule has 78 valence electrons. The van der Waals surface area contributed by atoms with E-state index in [1.165, 1.54) is 14.2 Å². The molecule has 0 bridgehead atoms. The standard InChI is InChI=1S/C9H14NO3P/c1-8-6-4-5-7-9(10-8)14(11,12-2)13-3/h4-6H,7H2,1-3H3. The number of hydrogen-bond acceptors (Lipinski definition) is 4. The third-order valence-corrected chi connectivity index (χ3v) is 3.75. The summed E-state index contributed by atoms with van der Waals surface area (Å²) in [4.78, 5) is 4.19. The lowest BCUT2D eigenvalue weighted by Gasteiger charge is -2.14. The first-order valence-electron chi connectivity index (χ1n) is 4.25. The van der Waals surface area contributed by atoms with Crippen LogP contribution in [0, 0.1) is 0 Å². The summed E-state index contributed by atoms with van der Waals surface area (Å²) >= 11 is 0. The van der Waals surface area contributed by atoms with Gasteiger partial charge in [0.05, 0.1) is 0 Å². The minimum atomic E-state index is -3.16. The highest BCUT2D eigenvalue weighted by Crippen LogP contribution is 2.49. The molecule has 0 unspecified atom stereocenters. The van der Waals surface area contributed by atoms with Gasteiger partial charge in [0.2, 0.25) is 0 Å². The van der Waals surface area contributed by atoms with Gasteiger partial charge in [0.1, 0.15) is 5.45 Å². The lowest BCUT2D eigenvalue weighted by molar-refractivity contribution is 0.290. The predicted molar refractivity (Wildman–Crippen MR) is 56.6 cm³/mol. The average molecular weight is 215 g/mol. The van der Waals surface area contributed by atoms with E-state index in [0.29, 0.717) is 11.9 Å². The molecule has 0 aromatic heterocycles. The van der Waals surface area contributed by atoms with Crippen molar-refractivity contribution in [1.29, 1.82) is 0 Å². The zero-order valence-corrected chi connectivity index (χ0v) is 9.45. The maximum atomic E-state index is 12.0. The molecule has 1 rings (SSSR count). The van der Waals surface area contributed by atoms with Crippen LogP contribution in [-0.2, 0) is 13.6 Å². The largest absolute Gasteiger partial charge is 0.375 e. The maximum Gasteiger partial charge on any atom is 0.375 e. The van der Waals surface area contributed by atoms with Gasteiger partial charge in [-0.1, -0.05) is 12.2 Å². The van der Waals surface area contributed by atoms with E-state index in [2.05, 4.69) is 4.99 Å². The van der Waals surface area contributed by atoms with Gasteiger partial charge >= 0.3 is 7.60 Å². The second-order valence-electron chi connectivity index (χ2n) is 2.83. The van der Waals surface area contributed by atoms with Gasteiger partial charge < -0.3 is 9.05 Å². The quantitative estimate of drug-likeness (QED) is 0.680. The maximum absolute atomic E-state index is 12.0. The zero-order valence-electron chi connectivity index (χ0n) is 8.56. The minimum absolute atomic E-state index is 0.449. The molecule has 0 amide bonds. The van der Waals surface area contributed by atoms with E-state index in [4.69, 9.17) is 9.05 Å². The molecule has 0 aromatic rings. The van der Waals surface area contributed by atoms with Crippen LogP contribution < -0.4 is 0 Å². The molecule has 1 aliphatic heterocycles. The van der Waals surface area contributed by atoms with E-state index in [9.17, 15) is 4.57 Å². The first-order valence-corrected chi connectivity index (χ1v) is 5.79. The van der Waals surface area contributed by atoms with Crippen molar-refractivity contribution in [2.24, 2.45) is 4.99 Å². The van der Waals surface area contributed by atoms with Crippen molar-refractivity contribution in [2.45, 2.75) is 13.3 Å². The van der Waals surface area contributed by atoms with E-state index in [0.717, 1.165) is 5.70 Å². The summed E-state index contributed by atoms with van der Waals surface area (Å²) in [6.45, 7) is 1.84. The first kappa shape index (κ1) is 11.4. The Kier molecular flexibility index (Phi) is 3.81. The Morgan fingerprint density at radius 3 is 2.64 bits per heavy atom. The molecular formula is C9H14NO3P. The van der Waals surface area contributed by atoms with Crippen molar-refractivity contribution in [3.8, 4) is 0 Å². The van der Waals surface area contributed by atoms with Crippen LogP contribution in [0.1, 0.15) is 13.3 Å². The fraction of sp³-hybridized carbons (Fsp3) is 0.444. The van der Waals surface area contributed by atoms with Crippen molar-refractivity contribution < 1.29 is 13.6 Å². The Balaban J connectivity index is 3.03. The lowest BCUT2D eigenvalue weighted by Crippen LogP contribution is -2.02. The average Bonchev–Trinajstić information content (AvgIpc) is 2.42. The predicted octanol–water partition coefficient (Wildman–Crippen LogP) is 2.73. The van der Waals surface area contributed by atoms with E-state index in [1.54, 1.807) is 0 Å². The summed E-state index contributed by atoms with van der Waals surface area (Å²) in [5, 5.41) is 0. The number of hydrogen-bond donors (Lipinski definition) is 0. The second kappa shape index (κ2) is 4.69. The van der Waals surface area contributed by atoms with Gasteiger partial charge in [0.15, 0.2) is 0 Å². The van der Waals surface area contributed by atoms with E-state index in [1.807, 2.05) is 25.2 Å². The molecule has 0 aliphatic carbocycles. The molecule has 1 aliphatic rings. The number of nitrogens with zero attached hydrogens (tertiary/aromatic N) is 1. The van der Waals surface area contributed by atoms with Gasteiger partial charge in [-0.2, -0.15) is 0 Å². The molecule has 0 saturated heterocycles. The lowest BCUT2D eigenvalue weighted by atomic mass is 10.4. The Morgan fingerprint density at radius 1 is 1.43 bits per heavy atom. The summed E-state index contributed by atoms with van der Waals surface area (Å²) in [5.41, 5.74) is 1.24. The molecule has 0 radical (unpaired) electrons. The first-order chi connectivity index (χ1) is 6.62. The van der Waals surface area contributed by atoms with E-state index < -0.39 is 7.60 Å². The topological polar surface area (TPSA) is 47.9 Å². The molecule has 14 heavy (non-hydrogen) atoms. The van der Waals surface area contributed by atoms with Crippen LogP contribution in [0.15, 0.2) is 28.9 Å². The molecule has 4 nitrogen and oxygen atoms in total. The van der Waals surface area contributed by atoms with Crippen LogP contribution in [0.25, 0.3) is 0 Å². The number of aliphatic imine (C=N–C) groups is 1. The highest BCUT2D eigenvalue weighted by atomic mass is 31.2. The van der Waals surface area contributed by atoms with Gasteiger partial charge in [-0.15, -0.1) is 0 Å². The van der Waals surface area contributed by atoms with Crippen molar-refractivity contribution in [3.63, 3.8) is 0 Å².